The Morgan fingerprint density at radius 1 is 1.47 bits per heavy atom. The van der Waals surface area contributed by atoms with Crippen LogP contribution in [-0.2, 0) is 0 Å². The van der Waals surface area contributed by atoms with E-state index in [0.29, 0.717) is 28.1 Å². The fourth-order valence-corrected chi connectivity index (χ4v) is 3.05. The zero-order valence-corrected chi connectivity index (χ0v) is 12.4. The molecule has 0 aromatic heterocycles. The molecule has 1 saturated heterocycles. The Balaban J connectivity index is 2.22. The van der Waals surface area contributed by atoms with Crippen molar-refractivity contribution >= 4 is 29.1 Å². The van der Waals surface area contributed by atoms with Gasteiger partial charge in [-0.1, -0.05) is 30.1 Å². The minimum atomic E-state index is -0.0518. The number of carbonyl (C=O) groups excluding carboxylic acids is 1. The molecular formula is C14H18Cl2N2O. The molecule has 2 N–H and O–H groups in total. The zero-order valence-electron chi connectivity index (χ0n) is 10.9. The number of nitrogens with two attached hydrogens (primary N) is 1. The Bertz CT molecular complexity index is 479. The lowest BCUT2D eigenvalue weighted by Crippen LogP contribution is -2.49. The van der Waals surface area contributed by atoms with Crippen LogP contribution in [0.1, 0.15) is 30.1 Å². The minimum absolute atomic E-state index is 0.0518. The van der Waals surface area contributed by atoms with Crippen LogP contribution in [0, 0.1) is 5.92 Å². The summed E-state index contributed by atoms with van der Waals surface area (Å²) >= 11 is 12.0. The fraction of sp³-hybridized carbons (Fsp3) is 0.500. The lowest BCUT2D eigenvalue weighted by atomic mass is 9.92. The minimum Gasteiger partial charge on any atom is -0.334 e. The van der Waals surface area contributed by atoms with Gasteiger partial charge in [-0.3, -0.25) is 4.79 Å². The highest BCUT2D eigenvalue weighted by Crippen LogP contribution is 2.27. The summed E-state index contributed by atoms with van der Waals surface area (Å²) in [5.41, 5.74) is 6.29. The molecule has 0 spiro atoms. The van der Waals surface area contributed by atoms with Crippen LogP contribution in [0.4, 0.5) is 0 Å². The maximum Gasteiger partial charge on any atom is 0.255 e. The summed E-state index contributed by atoms with van der Waals surface area (Å²) in [4.78, 5) is 14.4. The molecule has 2 unspecified atom stereocenters. The third-order valence-corrected chi connectivity index (χ3v) is 4.22. The maximum absolute atomic E-state index is 12.6. The second-order valence-electron chi connectivity index (χ2n) is 5.14. The van der Waals surface area contributed by atoms with Crippen LogP contribution in [0.3, 0.4) is 0 Å². The molecule has 0 radical (unpaired) electrons. The monoisotopic (exact) mass is 300 g/mol. The van der Waals surface area contributed by atoms with Crippen LogP contribution in [0.5, 0.6) is 0 Å². The topological polar surface area (TPSA) is 46.3 Å². The molecule has 1 amide bonds. The molecule has 5 heteroatoms. The Kier molecular flexibility index (Phi) is 4.71. The van der Waals surface area contributed by atoms with E-state index >= 15 is 0 Å². The number of nitrogens with zero attached hydrogens (tertiary/aromatic N) is 1. The summed E-state index contributed by atoms with van der Waals surface area (Å²) < 4.78 is 0. The van der Waals surface area contributed by atoms with Crippen LogP contribution in [0.15, 0.2) is 18.2 Å². The van der Waals surface area contributed by atoms with Crippen molar-refractivity contribution in [2.24, 2.45) is 11.7 Å². The summed E-state index contributed by atoms with van der Waals surface area (Å²) in [6, 6.07) is 5.06. The SMILES string of the molecule is CC1CCN(C(=O)c2ccc(Cl)cc2Cl)C(CN)C1. The number of hydrogen-bond donors (Lipinski definition) is 1. The molecule has 0 bridgehead atoms. The fourth-order valence-electron chi connectivity index (χ4n) is 2.56. The van der Waals surface area contributed by atoms with Crippen molar-refractivity contribution < 1.29 is 4.79 Å². The molecule has 0 saturated carbocycles. The van der Waals surface area contributed by atoms with Gasteiger partial charge in [-0.05, 0) is 37.0 Å². The first-order chi connectivity index (χ1) is 9.02. The average molecular weight is 301 g/mol. The molecular weight excluding hydrogens is 283 g/mol. The van der Waals surface area contributed by atoms with Gasteiger partial charge in [0, 0.05) is 24.2 Å². The molecule has 3 nitrogen and oxygen atoms in total. The van der Waals surface area contributed by atoms with Gasteiger partial charge in [-0.2, -0.15) is 0 Å². The molecule has 1 fully saturated rings. The summed E-state index contributed by atoms with van der Waals surface area (Å²) in [7, 11) is 0. The summed E-state index contributed by atoms with van der Waals surface area (Å²) in [5.74, 6) is 0.558. The number of rotatable bonds is 2. The van der Waals surface area contributed by atoms with E-state index in [9.17, 15) is 4.79 Å². The molecule has 19 heavy (non-hydrogen) atoms. The lowest BCUT2D eigenvalue weighted by molar-refractivity contribution is 0.0574. The van der Waals surface area contributed by atoms with E-state index in [-0.39, 0.29) is 11.9 Å². The van der Waals surface area contributed by atoms with E-state index < -0.39 is 0 Å². The van der Waals surface area contributed by atoms with Crippen molar-refractivity contribution in [2.45, 2.75) is 25.8 Å². The number of halogens is 2. The van der Waals surface area contributed by atoms with Crippen LogP contribution in [0.2, 0.25) is 10.0 Å². The molecule has 1 aromatic carbocycles. The first-order valence-corrected chi connectivity index (χ1v) is 7.24. The molecule has 1 aliphatic rings. The Hall–Kier alpha value is -0.770. The van der Waals surface area contributed by atoms with E-state index in [1.807, 2.05) is 4.90 Å². The molecule has 1 aliphatic heterocycles. The van der Waals surface area contributed by atoms with Gasteiger partial charge in [-0.15, -0.1) is 0 Å². The zero-order chi connectivity index (χ0) is 14.0. The predicted molar refractivity (Wildman–Crippen MR) is 78.7 cm³/mol. The number of piperidine rings is 1. The van der Waals surface area contributed by atoms with Gasteiger partial charge < -0.3 is 10.6 Å². The van der Waals surface area contributed by atoms with Gasteiger partial charge in [0.2, 0.25) is 0 Å². The summed E-state index contributed by atoms with van der Waals surface area (Å²) in [5, 5.41) is 0.927. The second kappa shape index (κ2) is 6.12. The quantitative estimate of drug-likeness (QED) is 0.912. The Morgan fingerprint density at radius 2 is 2.21 bits per heavy atom. The predicted octanol–water partition coefficient (Wildman–Crippen LogP) is 3.19. The van der Waals surface area contributed by atoms with Gasteiger partial charge >= 0.3 is 0 Å². The van der Waals surface area contributed by atoms with Gasteiger partial charge in [0.1, 0.15) is 0 Å². The molecule has 104 valence electrons. The van der Waals surface area contributed by atoms with Crippen molar-refractivity contribution in [3.05, 3.63) is 33.8 Å². The van der Waals surface area contributed by atoms with Crippen LogP contribution < -0.4 is 5.73 Å². The van der Waals surface area contributed by atoms with Crippen LogP contribution in [-0.4, -0.2) is 29.9 Å². The normalized spacial score (nSPS) is 23.5. The highest BCUT2D eigenvalue weighted by molar-refractivity contribution is 6.36. The van der Waals surface area contributed by atoms with Crippen LogP contribution >= 0.6 is 23.2 Å². The largest absolute Gasteiger partial charge is 0.334 e. The first kappa shape index (κ1) is 14.6. The van der Waals surface area contributed by atoms with E-state index in [1.165, 1.54) is 0 Å². The van der Waals surface area contributed by atoms with E-state index in [1.54, 1.807) is 18.2 Å². The van der Waals surface area contributed by atoms with Crippen molar-refractivity contribution in [1.82, 2.24) is 4.90 Å². The number of carbonyl (C=O) groups is 1. The molecule has 1 aromatic rings. The third-order valence-electron chi connectivity index (χ3n) is 3.67. The Morgan fingerprint density at radius 3 is 2.84 bits per heavy atom. The maximum atomic E-state index is 12.6. The highest BCUT2D eigenvalue weighted by atomic mass is 35.5. The van der Waals surface area contributed by atoms with Crippen molar-refractivity contribution in [1.29, 1.82) is 0 Å². The molecule has 1 heterocycles. The summed E-state index contributed by atoms with van der Waals surface area (Å²) in [6.07, 6.45) is 1.96. The third kappa shape index (κ3) is 3.22. The van der Waals surface area contributed by atoms with E-state index in [2.05, 4.69) is 6.92 Å². The standard InChI is InChI=1S/C14H18Cl2N2O/c1-9-4-5-18(11(6-9)8-17)14(19)12-3-2-10(15)7-13(12)16/h2-3,7,9,11H,4-6,8,17H2,1H3. The highest BCUT2D eigenvalue weighted by Gasteiger charge is 2.30. The Labute approximate surface area is 123 Å². The van der Waals surface area contributed by atoms with Gasteiger partial charge in [0.15, 0.2) is 0 Å². The average Bonchev–Trinajstić information content (AvgIpc) is 2.37. The second-order valence-corrected chi connectivity index (χ2v) is 5.99. The molecule has 2 atom stereocenters. The van der Waals surface area contributed by atoms with Crippen molar-refractivity contribution in [3.8, 4) is 0 Å². The van der Waals surface area contributed by atoms with E-state index in [0.717, 1.165) is 19.4 Å². The van der Waals surface area contributed by atoms with Crippen molar-refractivity contribution in [3.63, 3.8) is 0 Å². The number of hydrogen-bond acceptors (Lipinski definition) is 2. The van der Waals surface area contributed by atoms with E-state index in [4.69, 9.17) is 28.9 Å². The first-order valence-electron chi connectivity index (χ1n) is 6.49. The number of likely N-dealkylation sites (tertiary alicyclic amines) is 1. The lowest BCUT2D eigenvalue weighted by Gasteiger charge is -2.38. The smallest absolute Gasteiger partial charge is 0.255 e. The number of benzene rings is 1. The van der Waals surface area contributed by atoms with Crippen molar-refractivity contribution in [2.75, 3.05) is 13.1 Å². The van der Waals surface area contributed by atoms with Gasteiger partial charge in [-0.25, -0.2) is 0 Å². The molecule has 0 aliphatic carbocycles. The number of amides is 1. The summed E-state index contributed by atoms with van der Waals surface area (Å²) in [6.45, 7) is 3.42. The molecule has 2 rings (SSSR count). The van der Waals surface area contributed by atoms with Gasteiger partial charge in [0.25, 0.3) is 5.91 Å². The van der Waals surface area contributed by atoms with Crippen LogP contribution in [0.25, 0.3) is 0 Å². The van der Waals surface area contributed by atoms with Gasteiger partial charge in [0.05, 0.1) is 10.6 Å².